The van der Waals surface area contributed by atoms with Crippen LogP contribution >= 0.6 is 0 Å². The average Bonchev–Trinajstić information content (AvgIpc) is 2.81. The number of methoxy groups -OCH3 is 1. The Hall–Kier alpha value is -2.69. The fourth-order valence-electron chi connectivity index (χ4n) is 3.11. The number of hydrogen-bond acceptors (Lipinski definition) is 7. The molecule has 168 valence electrons. The molecule has 1 fully saturated rings. The van der Waals surface area contributed by atoms with E-state index in [4.69, 9.17) is 14.2 Å². The molecule has 0 atom stereocenters. The number of nitrogens with zero attached hydrogens (tertiary/aromatic N) is 2. The maximum Gasteiger partial charge on any atom is 0.251 e. The highest BCUT2D eigenvalue weighted by atomic mass is 32.2. The molecule has 1 N–H and O–H groups in total. The lowest BCUT2D eigenvalue weighted by atomic mass is 10.2. The summed E-state index contributed by atoms with van der Waals surface area (Å²) in [6, 6.07) is 7.95. The number of hydrogen-bond donors (Lipinski definition) is 1. The first-order valence-electron chi connectivity index (χ1n) is 10.1. The van der Waals surface area contributed by atoms with E-state index in [0.29, 0.717) is 25.7 Å². The van der Waals surface area contributed by atoms with Crippen molar-refractivity contribution >= 4 is 15.9 Å². The van der Waals surface area contributed by atoms with Crippen molar-refractivity contribution in [2.24, 2.45) is 0 Å². The summed E-state index contributed by atoms with van der Waals surface area (Å²) < 4.78 is 43.6. The Morgan fingerprint density at radius 3 is 2.74 bits per heavy atom. The maximum absolute atomic E-state index is 13.1. The summed E-state index contributed by atoms with van der Waals surface area (Å²) in [6.07, 6.45) is 2.47. The van der Waals surface area contributed by atoms with E-state index in [-0.39, 0.29) is 35.8 Å². The molecule has 2 heterocycles. The molecule has 1 saturated heterocycles. The van der Waals surface area contributed by atoms with Crippen molar-refractivity contribution in [1.82, 2.24) is 14.6 Å². The summed E-state index contributed by atoms with van der Waals surface area (Å²) in [6.45, 7) is 3.89. The number of benzene rings is 1. The van der Waals surface area contributed by atoms with Crippen LogP contribution in [0.1, 0.15) is 29.3 Å². The Morgan fingerprint density at radius 1 is 1.26 bits per heavy atom. The first-order chi connectivity index (χ1) is 15.0. The van der Waals surface area contributed by atoms with Crippen LogP contribution in [0.5, 0.6) is 11.6 Å². The molecular formula is C21H27N3O6S. The molecule has 1 aromatic carbocycles. The molecule has 0 unspecified atom stereocenters. The zero-order valence-corrected chi connectivity index (χ0v) is 18.5. The SMILES string of the molecule is CCCOc1ncccc1CNC(=O)c1ccc(OC)c(S(=O)(=O)N2CCOCC2)c1. The van der Waals surface area contributed by atoms with E-state index in [0.717, 1.165) is 12.0 Å². The van der Waals surface area contributed by atoms with Crippen LogP contribution in [0.2, 0.25) is 0 Å². The van der Waals surface area contributed by atoms with E-state index in [9.17, 15) is 13.2 Å². The summed E-state index contributed by atoms with van der Waals surface area (Å²) in [5.74, 6) is 0.242. The number of nitrogens with one attached hydrogen (secondary N) is 1. The molecule has 0 bridgehead atoms. The molecule has 10 heteroatoms. The quantitative estimate of drug-likeness (QED) is 0.622. The van der Waals surface area contributed by atoms with Gasteiger partial charge in [0.15, 0.2) is 0 Å². The van der Waals surface area contributed by atoms with Gasteiger partial charge in [-0.05, 0) is 30.7 Å². The Balaban J connectivity index is 1.79. The van der Waals surface area contributed by atoms with E-state index in [2.05, 4.69) is 10.3 Å². The van der Waals surface area contributed by atoms with E-state index in [1.807, 2.05) is 13.0 Å². The molecule has 1 aromatic heterocycles. The molecule has 9 nitrogen and oxygen atoms in total. The number of amides is 1. The van der Waals surface area contributed by atoms with Crippen molar-refractivity contribution in [1.29, 1.82) is 0 Å². The van der Waals surface area contributed by atoms with E-state index in [1.54, 1.807) is 12.3 Å². The minimum atomic E-state index is -3.83. The molecule has 1 amide bonds. The monoisotopic (exact) mass is 449 g/mol. The van der Waals surface area contributed by atoms with Crippen molar-refractivity contribution in [2.75, 3.05) is 40.0 Å². The standard InChI is InChI=1S/C21H27N3O6S/c1-3-11-30-21-17(5-4-8-22-21)15-23-20(25)16-6-7-18(28-2)19(14-16)31(26,27)24-9-12-29-13-10-24/h4-8,14H,3,9-13,15H2,1-2H3,(H,23,25). The normalized spacial score (nSPS) is 14.8. The van der Waals surface area contributed by atoms with Crippen LogP contribution in [0.4, 0.5) is 0 Å². The van der Waals surface area contributed by atoms with E-state index in [1.165, 1.54) is 29.6 Å². The molecule has 31 heavy (non-hydrogen) atoms. The summed E-state index contributed by atoms with van der Waals surface area (Å²) >= 11 is 0. The molecule has 0 radical (unpaired) electrons. The molecule has 0 spiro atoms. The first-order valence-corrected chi connectivity index (χ1v) is 11.5. The van der Waals surface area contributed by atoms with Gasteiger partial charge in [0.2, 0.25) is 15.9 Å². The summed E-state index contributed by atoms with van der Waals surface area (Å²) in [5, 5.41) is 2.80. The van der Waals surface area contributed by atoms with Crippen LogP contribution < -0.4 is 14.8 Å². The average molecular weight is 450 g/mol. The van der Waals surface area contributed by atoms with E-state index >= 15 is 0 Å². The third-order valence-electron chi connectivity index (χ3n) is 4.75. The van der Waals surface area contributed by atoms with Gasteiger partial charge in [0.25, 0.3) is 5.91 Å². The summed E-state index contributed by atoms with van der Waals surface area (Å²) in [4.78, 5) is 16.9. The number of rotatable bonds is 9. The van der Waals surface area contributed by atoms with Gasteiger partial charge in [-0.3, -0.25) is 4.79 Å². The van der Waals surface area contributed by atoms with Crippen LogP contribution in [-0.4, -0.2) is 63.6 Å². The number of morpholine rings is 1. The van der Waals surface area contributed by atoms with Crippen molar-refractivity contribution in [3.05, 3.63) is 47.7 Å². The molecule has 3 rings (SSSR count). The highest BCUT2D eigenvalue weighted by Gasteiger charge is 2.30. The summed E-state index contributed by atoms with van der Waals surface area (Å²) in [5.41, 5.74) is 0.950. The van der Waals surface area contributed by atoms with E-state index < -0.39 is 15.9 Å². The maximum atomic E-state index is 13.1. The molecule has 1 aliphatic rings. The Bertz CT molecular complexity index is 1010. The number of pyridine rings is 1. The lowest BCUT2D eigenvalue weighted by Crippen LogP contribution is -2.40. The Kier molecular flexibility index (Phi) is 7.83. The minimum absolute atomic E-state index is 0.0436. The smallest absolute Gasteiger partial charge is 0.251 e. The van der Waals surface area contributed by atoms with Crippen LogP contribution in [-0.2, 0) is 21.3 Å². The predicted octanol–water partition coefficient (Wildman–Crippen LogP) is 1.83. The number of ether oxygens (including phenoxy) is 3. The predicted molar refractivity (Wildman–Crippen MR) is 114 cm³/mol. The number of aromatic nitrogens is 1. The highest BCUT2D eigenvalue weighted by Crippen LogP contribution is 2.28. The van der Waals surface area contributed by atoms with Crippen LogP contribution in [0, 0.1) is 0 Å². The highest BCUT2D eigenvalue weighted by molar-refractivity contribution is 7.89. The number of carbonyl (C=O) groups is 1. The molecule has 1 aliphatic heterocycles. The van der Waals surface area contributed by atoms with Gasteiger partial charge in [-0.2, -0.15) is 4.31 Å². The van der Waals surface area contributed by atoms with Gasteiger partial charge in [0, 0.05) is 37.0 Å². The second-order valence-electron chi connectivity index (χ2n) is 6.88. The third-order valence-corrected chi connectivity index (χ3v) is 6.67. The molecular weight excluding hydrogens is 422 g/mol. The van der Waals surface area contributed by atoms with Crippen LogP contribution in [0.3, 0.4) is 0 Å². The van der Waals surface area contributed by atoms with Gasteiger partial charge in [-0.15, -0.1) is 0 Å². The van der Waals surface area contributed by atoms with Gasteiger partial charge in [0.05, 0.1) is 26.9 Å². The lowest BCUT2D eigenvalue weighted by molar-refractivity contribution is 0.0729. The van der Waals surface area contributed by atoms with Crippen molar-refractivity contribution in [3.8, 4) is 11.6 Å². The van der Waals surface area contributed by atoms with Crippen molar-refractivity contribution in [3.63, 3.8) is 0 Å². The van der Waals surface area contributed by atoms with Gasteiger partial charge >= 0.3 is 0 Å². The Labute approximate surface area is 182 Å². The number of carbonyl (C=O) groups excluding carboxylic acids is 1. The zero-order valence-electron chi connectivity index (χ0n) is 17.7. The summed E-state index contributed by atoms with van der Waals surface area (Å²) in [7, 11) is -2.43. The number of sulfonamides is 1. The fraction of sp³-hybridized carbons (Fsp3) is 0.429. The van der Waals surface area contributed by atoms with Gasteiger partial charge in [-0.1, -0.05) is 13.0 Å². The van der Waals surface area contributed by atoms with Gasteiger partial charge in [-0.25, -0.2) is 13.4 Å². The fourth-order valence-corrected chi connectivity index (χ4v) is 4.70. The first kappa shape index (κ1) is 23.0. The molecule has 2 aromatic rings. The van der Waals surface area contributed by atoms with Crippen molar-refractivity contribution < 1.29 is 27.4 Å². The largest absolute Gasteiger partial charge is 0.495 e. The topological polar surface area (TPSA) is 107 Å². The van der Waals surface area contributed by atoms with Gasteiger partial charge < -0.3 is 19.5 Å². The Morgan fingerprint density at radius 2 is 2.03 bits per heavy atom. The van der Waals surface area contributed by atoms with Gasteiger partial charge in [0.1, 0.15) is 10.6 Å². The third kappa shape index (κ3) is 5.52. The lowest BCUT2D eigenvalue weighted by Gasteiger charge is -2.26. The second-order valence-corrected chi connectivity index (χ2v) is 8.79. The van der Waals surface area contributed by atoms with Crippen molar-refractivity contribution in [2.45, 2.75) is 24.8 Å². The van der Waals surface area contributed by atoms with Crippen LogP contribution in [0.15, 0.2) is 41.4 Å². The molecule has 0 aliphatic carbocycles. The second kappa shape index (κ2) is 10.6. The zero-order chi connectivity index (χ0) is 22.3. The minimum Gasteiger partial charge on any atom is -0.495 e. The molecule has 0 saturated carbocycles. The van der Waals surface area contributed by atoms with Crippen LogP contribution in [0.25, 0.3) is 0 Å².